The number of aryl methyl sites for hydroxylation is 1. The molecule has 0 saturated carbocycles. The fourth-order valence-corrected chi connectivity index (χ4v) is 2.47. The van der Waals surface area contributed by atoms with E-state index in [1.807, 2.05) is 0 Å². The van der Waals surface area contributed by atoms with Crippen molar-refractivity contribution in [2.45, 2.75) is 24.8 Å². The van der Waals surface area contributed by atoms with E-state index in [2.05, 4.69) is 20.5 Å². The highest BCUT2D eigenvalue weighted by Gasteiger charge is 2.20. The van der Waals surface area contributed by atoms with Crippen LogP contribution in [0.5, 0.6) is 5.75 Å². The molecule has 0 saturated heterocycles. The number of hydrogen-bond donors (Lipinski definition) is 3. The quantitative estimate of drug-likeness (QED) is 0.714. The van der Waals surface area contributed by atoms with Crippen molar-refractivity contribution in [2.75, 3.05) is 7.11 Å². The monoisotopic (exact) mass is 339 g/mol. The summed E-state index contributed by atoms with van der Waals surface area (Å²) in [4.78, 5) is 16.4. The molecule has 1 aromatic carbocycles. The minimum atomic E-state index is -3.93. The van der Waals surface area contributed by atoms with E-state index < -0.39 is 22.0 Å². The molecular formula is C13H17N5O4S. The number of methoxy groups -OCH3 is 1. The van der Waals surface area contributed by atoms with Crippen LogP contribution in [0.2, 0.25) is 0 Å². The summed E-state index contributed by atoms with van der Waals surface area (Å²) in [7, 11) is -2.55. The summed E-state index contributed by atoms with van der Waals surface area (Å²) in [5.41, 5.74) is 0.0538. The van der Waals surface area contributed by atoms with Crippen LogP contribution in [0, 0.1) is 6.92 Å². The number of nitrogens with two attached hydrogens (primary N) is 1. The Balaban J connectivity index is 2.30. The molecule has 0 spiro atoms. The first-order valence-corrected chi connectivity index (χ1v) is 8.17. The van der Waals surface area contributed by atoms with Crippen LogP contribution in [-0.2, 0) is 10.0 Å². The summed E-state index contributed by atoms with van der Waals surface area (Å²) < 4.78 is 28.0. The highest BCUT2D eigenvalue weighted by Crippen LogP contribution is 2.22. The lowest BCUT2D eigenvalue weighted by atomic mass is 10.1. The fraction of sp³-hybridized carbons (Fsp3) is 0.308. The number of amides is 1. The SMILES string of the molecule is COc1ccc(S(N)(=O)=O)cc1C(=O)N[C@H](C)c1n[nH]c(C)n1. The number of H-pyrrole nitrogens is 1. The third kappa shape index (κ3) is 3.85. The number of primary sulfonamides is 1. The van der Waals surface area contributed by atoms with Gasteiger partial charge in [0, 0.05) is 0 Å². The van der Waals surface area contributed by atoms with Crippen molar-refractivity contribution < 1.29 is 17.9 Å². The Morgan fingerprint density at radius 3 is 2.65 bits per heavy atom. The number of carbonyl (C=O) groups excluding carboxylic acids is 1. The first-order chi connectivity index (χ1) is 10.7. The molecule has 1 amide bonds. The Morgan fingerprint density at radius 1 is 1.43 bits per heavy atom. The van der Waals surface area contributed by atoms with Gasteiger partial charge in [-0.25, -0.2) is 18.5 Å². The van der Waals surface area contributed by atoms with E-state index in [1.54, 1.807) is 13.8 Å². The lowest BCUT2D eigenvalue weighted by Gasteiger charge is -2.13. The second-order valence-corrected chi connectivity index (χ2v) is 6.44. The predicted octanol–water partition coefficient (Wildman–Crippen LogP) is 0.260. The van der Waals surface area contributed by atoms with Gasteiger partial charge in [0.2, 0.25) is 10.0 Å². The molecule has 0 fully saturated rings. The van der Waals surface area contributed by atoms with Gasteiger partial charge in [0.15, 0.2) is 5.82 Å². The maximum atomic E-state index is 12.4. The number of ether oxygens (including phenoxy) is 1. The van der Waals surface area contributed by atoms with Crippen LogP contribution >= 0.6 is 0 Å². The highest BCUT2D eigenvalue weighted by molar-refractivity contribution is 7.89. The maximum Gasteiger partial charge on any atom is 0.255 e. The van der Waals surface area contributed by atoms with E-state index >= 15 is 0 Å². The molecule has 9 nitrogen and oxygen atoms in total. The van der Waals surface area contributed by atoms with Crippen LogP contribution in [0.15, 0.2) is 23.1 Å². The van der Waals surface area contributed by atoms with Gasteiger partial charge in [0.25, 0.3) is 5.91 Å². The summed E-state index contributed by atoms with van der Waals surface area (Å²) in [6.07, 6.45) is 0. The normalized spacial score (nSPS) is 12.7. The Kier molecular flexibility index (Phi) is 4.66. The molecule has 2 rings (SSSR count). The third-order valence-electron chi connectivity index (χ3n) is 3.09. The van der Waals surface area contributed by atoms with Gasteiger partial charge < -0.3 is 10.1 Å². The number of nitrogens with zero attached hydrogens (tertiary/aromatic N) is 2. The Labute approximate surface area is 133 Å². The van der Waals surface area contributed by atoms with E-state index in [1.165, 1.54) is 25.3 Å². The molecule has 1 aromatic heterocycles. The number of sulfonamides is 1. The van der Waals surface area contributed by atoms with Gasteiger partial charge in [0.1, 0.15) is 11.6 Å². The van der Waals surface area contributed by atoms with E-state index in [4.69, 9.17) is 9.88 Å². The molecule has 23 heavy (non-hydrogen) atoms. The van der Waals surface area contributed by atoms with Crippen LogP contribution < -0.4 is 15.2 Å². The Hall–Kier alpha value is -2.46. The number of nitrogens with one attached hydrogen (secondary N) is 2. The van der Waals surface area contributed by atoms with Gasteiger partial charge in [-0.1, -0.05) is 0 Å². The van der Waals surface area contributed by atoms with Crippen LogP contribution in [0.25, 0.3) is 0 Å². The molecule has 0 unspecified atom stereocenters. The summed E-state index contributed by atoms with van der Waals surface area (Å²) in [5, 5.41) is 14.4. The molecule has 0 bridgehead atoms. The maximum absolute atomic E-state index is 12.4. The van der Waals surface area contributed by atoms with Crippen molar-refractivity contribution in [1.82, 2.24) is 20.5 Å². The molecule has 1 heterocycles. The van der Waals surface area contributed by atoms with E-state index in [0.717, 1.165) is 0 Å². The van der Waals surface area contributed by atoms with Crippen molar-refractivity contribution in [3.8, 4) is 5.75 Å². The van der Waals surface area contributed by atoms with Crippen LogP contribution in [0.4, 0.5) is 0 Å². The number of rotatable bonds is 5. The average Bonchev–Trinajstić information content (AvgIpc) is 2.92. The molecule has 0 aliphatic heterocycles. The zero-order valence-corrected chi connectivity index (χ0v) is 13.6. The zero-order chi connectivity index (χ0) is 17.2. The van der Waals surface area contributed by atoms with Crippen molar-refractivity contribution in [3.05, 3.63) is 35.4 Å². The molecule has 0 aliphatic carbocycles. The molecule has 10 heteroatoms. The zero-order valence-electron chi connectivity index (χ0n) is 12.8. The van der Waals surface area contributed by atoms with Gasteiger partial charge >= 0.3 is 0 Å². The van der Waals surface area contributed by atoms with Gasteiger partial charge in [-0.05, 0) is 32.0 Å². The highest BCUT2D eigenvalue weighted by atomic mass is 32.2. The van der Waals surface area contributed by atoms with Gasteiger partial charge in [-0.2, -0.15) is 5.10 Å². The van der Waals surface area contributed by atoms with Crippen LogP contribution in [0.1, 0.15) is 35.0 Å². The molecular weight excluding hydrogens is 322 g/mol. The minimum absolute atomic E-state index is 0.0538. The molecule has 0 radical (unpaired) electrons. The summed E-state index contributed by atoms with van der Waals surface area (Å²) in [5.74, 6) is 0.739. The predicted molar refractivity (Wildman–Crippen MR) is 81.4 cm³/mol. The third-order valence-corrected chi connectivity index (χ3v) is 4.00. The molecule has 1 atom stereocenters. The first-order valence-electron chi connectivity index (χ1n) is 6.63. The number of aromatic amines is 1. The topological polar surface area (TPSA) is 140 Å². The van der Waals surface area contributed by atoms with Crippen molar-refractivity contribution >= 4 is 15.9 Å². The smallest absolute Gasteiger partial charge is 0.255 e. The van der Waals surface area contributed by atoms with Crippen molar-refractivity contribution in [2.24, 2.45) is 5.14 Å². The largest absolute Gasteiger partial charge is 0.496 e. The lowest BCUT2D eigenvalue weighted by molar-refractivity contribution is 0.0935. The lowest BCUT2D eigenvalue weighted by Crippen LogP contribution is -2.28. The standard InChI is InChI=1S/C13H17N5O4S/c1-7(12-16-8(2)17-18-12)15-13(19)10-6-9(23(14,20)21)4-5-11(10)22-3/h4-7H,1-3H3,(H,15,19)(H2,14,20,21)(H,16,17,18)/t7-/m1/s1. The Morgan fingerprint density at radius 2 is 2.13 bits per heavy atom. The summed E-state index contributed by atoms with van der Waals surface area (Å²) in [6.45, 7) is 3.44. The fourth-order valence-electron chi connectivity index (χ4n) is 1.93. The number of hydrogen-bond acceptors (Lipinski definition) is 6. The minimum Gasteiger partial charge on any atom is -0.496 e. The van der Waals surface area contributed by atoms with Gasteiger partial charge in [-0.3, -0.25) is 9.89 Å². The van der Waals surface area contributed by atoms with Gasteiger partial charge in [0.05, 0.1) is 23.6 Å². The van der Waals surface area contributed by atoms with Crippen LogP contribution in [0.3, 0.4) is 0 Å². The van der Waals surface area contributed by atoms with Crippen LogP contribution in [-0.4, -0.2) is 36.6 Å². The number of aromatic nitrogens is 3. The second-order valence-electron chi connectivity index (χ2n) is 4.88. The number of benzene rings is 1. The first kappa shape index (κ1) is 16.9. The molecule has 4 N–H and O–H groups in total. The molecule has 2 aromatic rings. The Bertz CT molecular complexity index is 831. The van der Waals surface area contributed by atoms with Crippen molar-refractivity contribution in [1.29, 1.82) is 0 Å². The molecule has 0 aliphatic rings. The number of carbonyl (C=O) groups is 1. The summed E-state index contributed by atoms with van der Waals surface area (Å²) in [6, 6.07) is 3.33. The van der Waals surface area contributed by atoms with E-state index in [9.17, 15) is 13.2 Å². The van der Waals surface area contributed by atoms with Crippen molar-refractivity contribution in [3.63, 3.8) is 0 Å². The molecule has 124 valence electrons. The van der Waals surface area contributed by atoms with E-state index in [0.29, 0.717) is 11.6 Å². The van der Waals surface area contributed by atoms with E-state index in [-0.39, 0.29) is 16.2 Å². The summed E-state index contributed by atoms with van der Waals surface area (Å²) >= 11 is 0. The second kappa shape index (κ2) is 6.34. The van der Waals surface area contributed by atoms with Gasteiger partial charge in [-0.15, -0.1) is 0 Å². The average molecular weight is 339 g/mol.